The molecule has 30 heavy (non-hydrogen) atoms. The minimum absolute atomic E-state index is 0.0892. The minimum atomic E-state index is -0.626. The Morgan fingerprint density at radius 3 is 2.27 bits per heavy atom. The lowest BCUT2D eigenvalue weighted by Crippen LogP contribution is -2.27. The molecule has 0 aliphatic carbocycles. The lowest BCUT2D eigenvalue weighted by Gasteiger charge is -2.19. The lowest BCUT2D eigenvalue weighted by molar-refractivity contribution is -0.124. The van der Waals surface area contributed by atoms with Crippen molar-refractivity contribution in [3.63, 3.8) is 0 Å². The van der Waals surface area contributed by atoms with Crippen molar-refractivity contribution in [3.05, 3.63) is 47.8 Å². The Morgan fingerprint density at radius 1 is 1.07 bits per heavy atom. The second-order valence-corrected chi connectivity index (χ2v) is 6.64. The van der Waals surface area contributed by atoms with Crippen molar-refractivity contribution in [1.29, 1.82) is 0 Å². The molecule has 0 spiro atoms. The van der Waals surface area contributed by atoms with Gasteiger partial charge in [-0.2, -0.15) is 0 Å². The predicted molar refractivity (Wildman–Crippen MR) is 111 cm³/mol. The molecular formula is C22H25FN2O5. The van der Waals surface area contributed by atoms with E-state index in [0.717, 1.165) is 6.42 Å². The number of halogens is 1. The number of carbonyl (C=O) groups is 2. The predicted octanol–water partition coefficient (Wildman–Crippen LogP) is 3.99. The topological polar surface area (TPSA) is 85.9 Å². The Hall–Kier alpha value is -3.13. The molecule has 0 radical (unpaired) electrons. The van der Waals surface area contributed by atoms with Gasteiger partial charge >= 0.3 is 0 Å². The first-order chi connectivity index (χ1) is 14.5. The number of rotatable bonds is 8. The zero-order valence-electron chi connectivity index (χ0n) is 17.0. The highest BCUT2D eigenvalue weighted by atomic mass is 19.1. The second kappa shape index (κ2) is 10.1. The van der Waals surface area contributed by atoms with E-state index < -0.39 is 17.8 Å². The van der Waals surface area contributed by atoms with Crippen molar-refractivity contribution in [1.82, 2.24) is 0 Å². The molecule has 0 aromatic heterocycles. The van der Waals surface area contributed by atoms with Crippen LogP contribution < -0.4 is 20.1 Å². The molecule has 1 aliphatic rings. The van der Waals surface area contributed by atoms with E-state index in [1.54, 1.807) is 32.0 Å². The molecule has 0 bridgehead atoms. The molecule has 1 fully saturated rings. The van der Waals surface area contributed by atoms with E-state index in [2.05, 4.69) is 10.6 Å². The van der Waals surface area contributed by atoms with Crippen molar-refractivity contribution in [2.24, 2.45) is 0 Å². The van der Waals surface area contributed by atoms with Gasteiger partial charge in [-0.05, 0) is 38.8 Å². The van der Waals surface area contributed by atoms with Gasteiger partial charge < -0.3 is 24.8 Å². The van der Waals surface area contributed by atoms with Gasteiger partial charge in [-0.3, -0.25) is 9.59 Å². The Bertz CT molecular complexity index is 912. The van der Waals surface area contributed by atoms with Crippen LogP contribution in [0.3, 0.4) is 0 Å². The second-order valence-electron chi connectivity index (χ2n) is 6.64. The smallest absolute Gasteiger partial charge is 0.258 e. The largest absolute Gasteiger partial charge is 0.492 e. The molecule has 1 aliphatic heterocycles. The third kappa shape index (κ3) is 5.07. The summed E-state index contributed by atoms with van der Waals surface area (Å²) in [6, 6.07) is 8.84. The van der Waals surface area contributed by atoms with Crippen LogP contribution >= 0.6 is 0 Å². The molecular weight excluding hydrogens is 391 g/mol. The van der Waals surface area contributed by atoms with E-state index in [1.165, 1.54) is 18.2 Å². The van der Waals surface area contributed by atoms with Crippen LogP contribution in [0.15, 0.2) is 36.4 Å². The van der Waals surface area contributed by atoms with E-state index in [9.17, 15) is 14.0 Å². The number of nitrogens with one attached hydrogen (secondary N) is 2. The maximum absolute atomic E-state index is 14.0. The first-order valence-corrected chi connectivity index (χ1v) is 9.95. The summed E-state index contributed by atoms with van der Waals surface area (Å²) in [6.45, 7) is 4.83. The molecule has 2 N–H and O–H groups in total. The van der Waals surface area contributed by atoms with E-state index >= 15 is 0 Å². The number of hydrogen-bond acceptors (Lipinski definition) is 5. The zero-order valence-corrected chi connectivity index (χ0v) is 17.0. The molecule has 2 amide bonds. The van der Waals surface area contributed by atoms with Gasteiger partial charge in [0.1, 0.15) is 23.4 Å². The maximum atomic E-state index is 14.0. The summed E-state index contributed by atoms with van der Waals surface area (Å²) >= 11 is 0. The molecule has 1 saturated heterocycles. The summed E-state index contributed by atoms with van der Waals surface area (Å²) in [6.07, 6.45) is 0.988. The summed E-state index contributed by atoms with van der Waals surface area (Å²) in [5.41, 5.74) is 0.627. The van der Waals surface area contributed by atoms with E-state index in [4.69, 9.17) is 14.2 Å². The third-order valence-corrected chi connectivity index (χ3v) is 4.53. The Balaban J connectivity index is 1.90. The van der Waals surface area contributed by atoms with Crippen LogP contribution in [0.2, 0.25) is 0 Å². The standard InChI is InChI=1S/C22H25FN2O5/c1-3-28-19-13-17(25-22(27)18-10-7-11-30-18)20(29-4-2)12-16(19)24-21(26)14-8-5-6-9-15(14)23/h5-6,8-9,12-13,18H,3-4,7,10-11H2,1-2H3,(H,24,26)(H,25,27)/t18-/m1/s1. The molecule has 2 aromatic rings. The molecule has 160 valence electrons. The van der Waals surface area contributed by atoms with Gasteiger partial charge in [0.25, 0.3) is 11.8 Å². The van der Waals surface area contributed by atoms with Gasteiger partial charge in [0, 0.05) is 18.7 Å². The van der Waals surface area contributed by atoms with Gasteiger partial charge in [0.2, 0.25) is 0 Å². The summed E-state index contributed by atoms with van der Waals surface area (Å²) in [5, 5.41) is 5.48. The highest BCUT2D eigenvalue weighted by Crippen LogP contribution is 2.37. The molecule has 1 atom stereocenters. The maximum Gasteiger partial charge on any atom is 0.258 e. The Labute approximate surface area is 174 Å². The molecule has 7 nitrogen and oxygen atoms in total. The van der Waals surface area contributed by atoms with Gasteiger partial charge in [0.05, 0.1) is 30.2 Å². The first-order valence-electron chi connectivity index (χ1n) is 9.95. The fourth-order valence-electron chi connectivity index (χ4n) is 3.14. The van der Waals surface area contributed by atoms with Crippen LogP contribution in [0.5, 0.6) is 11.5 Å². The van der Waals surface area contributed by atoms with Gasteiger partial charge in [0.15, 0.2) is 0 Å². The lowest BCUT2D eigenvalue weighted by atomic mass is 10.1. The van der Waals surface area contributed by atoms with Crippen LogP contribution in [0.25, 0.3) is 0 Å². The van der Waals surface area contributed by atoms with Crippen LogP contribution in [0, 0.1) is 5.82 Å². The molecule has 3 rings (SSSR count). The Morgan fingerprint density at radius 2 is 1.70 bits per heavy atom. The summed E-state index contributed by atoms with van der Waals surface area (Å²) in [4.78, 5) is 25.0. The molecule has 1 heterocycles. The normalized spacial score (nSPS) is 15.5. The number of amides is 2. The van der Waals surface area contributed by atoms with Crippen LogP contribution in [0.4, 0.5) is 15.8 Å². The van der Waals surface area contributed by atoms with Crippen LogP contribution in [0.1, 0.15) is 37.0 Å². The molecule has 2 aromatic carbocycles. The molecule has 0 saturated carbocycles. The van der Waals surface area contributed by atoms with Crippen LogP contribution in [-0.4, -0.2) is 37.7 Å². The number of ether oxygens (including phenoxy) is 3. The van der Waals surface area contributed by atoms with Gasteiger partial charge in [-0.15, -0.1) is 0 Å². The zero-order chi connectivity index (χ0) is 21.5. The minimum Gasteiger partial charge on any atom is -0.492 e. The first kappa shape index (κ1) is 21.6. The quantitative estimate of drug-likeness (QED) is 0.680. The molecule has 0 unspecified atom stereocenters. The van der Waals surface area contributed by atoms with Crippen molar-refractivity contribution >= 4 is 23.2 Å². The Kier molecular flexibility index (Phi) is 7.24. The van der Waals surface area contributed by atoms with Crippen molar-refractivity contribution in [3.8, 4) is 11.5 Å². The highest BCUT2D eigenvalue weighted by Gasteiger charge is 2.25. The average molecular weight is 416 g/mol. The van der Waals surface area contributed by atoms with E-state index in [1.807, 2.05) is 0 Å². The summed E-state index contributed by atoms with van der Waals surface area (Å²) < 4.78 is 30.7. The van der Waals surface area contributed by atoms with E-state index in [0.29, 0.717) is 49.1 Å². The van der Waals surface area contributed by atoms with Gasteiger partial charge in [-0.1, -0.05) is 12.1 Å². The summed E-state index contributed by atoms with van der Waals surface area (Å²) in [7, 11) is 0. The van der Waals surface area contributed by atoms with Crippen molar-refractivity contribution < 1.29 is 28.2 Å². The van der Waals surface area contributed by atoms with Crippen molar-refractivity contribution in [2.45, 2.75) is 32.8 Å². The molecule has 8 heteroatoms. The fourth-order valence-corrected chi connectivity index (χ4v) is 3.14. The van der Waals surface area contributed by atoms with Gasteiger partial charge in [-0.25, -0.2) is 4.39 Å². The SMILES string of the molecule is CCOc1cc(NC(=O)[C@H]2CCCO2)c(OCC)cc1NC(=O)c1ccccc1F. The fraction of sp³-hybridized carbons (Fsp3) is 0.364. The number of anilines is 2. The highest BCUT2D eigenvalue weighted by molar-refractivity contribution is 6.06. The number of benzene rings is 2. The third-order valence-electron chi connectivity index (χ3n) is 4.53. The number of carbonyl (C=O) groups excluding carboxylic acids is 2. The number of hydrogen-bond donors (Lipinski definition) is 2. The average Bonchev–Trinajstić information content (AvgIpc) is 3.26. The van der Waals surface area contributed by atoms with Crippen LogP contribution in [-0.2, 0) is 9.53 Å². The monoisotopic (exact) mass is 416 g/mol. The van der Waals surface area contributed by atoms with Crippen molar-refractivity contribution in [2.75, 3.05) is 30.5 Å². The van der Waals surface area contributed by atoms with E-state index in [-0.39, 0.29) is 11.5 Å². The summed E-state index contributed by atoms with van der Waals surface area (Å²) in [5.74, 6) is -0.824.